The van der Waals surface area contributed by atoms with E-state index in [0.717, 1.165) is 135 Å². The second-order valence-electron chi connectivity index (χ2n) is 36.0. The van der Waals surface area contributed by atoms with Crippen molar-refractivity contribution in [2.75, 3.05) is 79.3 Å². The van der Waals surface area contributed by atoms with Gasteiger partial charge in [0.2, 0.25) is 0 Å². The summed E-state index contributed by atoms with van der Waals surface area (Å²) in [6, 6.07) is 5.50. The standard InChI is InChI=1S/C87H156O36/c1-4-7-10-13-16-19-22-25-28-31-85(46-112-79-73(106)67(100)61(94)55(40-88)118-79,47-113-80-74(107)68(101)62(95)56(41-89)119-80)37-52-34-53(38-86(32-29-26-23-20-17-14-11-8-5-2,48-114-81-75(108)69(102)63(96)57(42-90)120-81)49-115-82-76(109)70(103)64(97)58(43-91)121-82)36-54(35-52)39-87(33-30-27-24-21-18-15-12-9-6-3,50-116-83-77(110)71(104)65(98)59(44-92)122-83)51-117-84-78(111)72(105)66(99)60(45-93)123-84/h34-36,55-84,88-111H,4-33,37-51H2,1-3H3/t55?,56?,57?,58?,59?,60?,61-,62-,63-,64-,65-,66-,67+,68+,69+,70+,71+,72+,73?,74?,75?,76?,77?,78?,79-,80-,81-,82-,83-,84-,85?,86?,87?/m1/s1. The third kappa shape index (κ3) is 31.7. The quantitative estimate of drug-likeness (QED) is 0.0346. The highest BCUT2D eigenvalue weighted by Gasteiger charge is 2.53. The molecule has 0 aromatic heterocycles. The number of hydrogen-bond acceptors (Lipinski definition) is 36. The fraction of sp³-hybridized carbons (Fsp3) is 0.931. The van der Waals surface area contributed by atoms with Crippen molar-refractivity contribution in [2.24, 2.45) is 16.2 Å². The SMILES string of the molecule is CCCCCCCCCCCC(CO[C@@H]1OC(CO)[C@@H](O)[C@H](O)C1O)(CO[C@@H]1OC(CO)[C@@H](O)[C@H](O)C1O)Cc1cc(CC(CCCCCCCCCCC)(CO[C@@H]2OC(CO)[C@@H](O)[C@H](O)C2O)CO[C@@H]2OC(CO)[C@@H](O)[C@H](O)C2O)cc(CC(CCCCCCCCCCC)(CO[C@@H]2OC(CO)[C@@H](O)[C@H](O)C2O)CO[C@@H]2OC(CO)[C@@H](O)[C@H](O)C2O)c1. The van der Waals surface area contributed by atoms with E-state index in [9.17, 15) is 123 Å². The van der Waals surface area contributed by atoms with Crippen LogP contribution in [0.1, 0.15) is 230 Å². The molecule has 123 heavy (non-hydrogen) atoms. The lowest BCUT2D eigenvalue weighted by molar-refractivity contribution is -0.318. The Kier molecular flexibility index (Phi) is 48.5. The molecule has 7 rings (SSSR count). The van der Waals surface area contributed by atoms with Gasteiger partial charge in [-0.3, -0.25) is 0 Å². The van der Waals surface area contributed by atoms with Gasteiger partial charge >= 0.3 is 0 Å². The predicted molar refractivity (Wildman–Crippen MR) is 439 cm³/mol. The second-order valence-corrected chi connectivity index (χ2v) is 36.0. The van der Waals surface area contributed by atoms with Crippen LogP contribution in [-0.4, -0.2) is 386 Å². The molecule has 6 heterocycles. The zero-order chi connectivity index (χ0) is 90.0. The molecule has 6 saturated heterocycles. The highest BCUT2D eigenvalue weighted by atomic mass is 16.7. The van der Waals surface area contributed by atoms with Gasteiger partial charge in [-0.25, -0.2) is 0 Å². The van der Waals surface area contributed by atoms with Gasteiger partial charge in [-0.1, -0.05) is 212 Å². The van der Waals surface area contributed by atoms with Crippen molar-refractivity contribution in [1.82, 2.24) is 0 Å². The van der Waals surface area contributed by atoms with Crippen LogP contribution >= 0.6 is 0 Å². The van der Waals surface area contributed by atoms with Crippen molar-refractivity contribution in [1.29, 1.82) is 0 Å². The summed E-state index contributed by atoms with van der Waals surface area (Å²) in [6.07, 6.45) is -29.6. The van der Waals surface area contributed by atoms with Gasteiger partial charge in [0, 0.05) is 16.2 Å². The van der Waals surface area contributed by atoms with Crippen molar-refractivity contribution in [2.45, 2.75) is 417 Å². The van der Waals surface area contributed by atoms with E-state index in [2.05, 4.69) is 20.8 Å². The second kappa shape index (κ2) is 55.3. The summed E-state index contributed by atoms with van der Waals surface area (Å²) in [5.41, 5.74) is -3.07. The average molecular weight is 1780 g/mol. The largest absolute Gasteiger partial charge is 0.394 e. The molecule has 720 valence electrons. The molecule has 36 nitrogen and oxygen atoms in total. The van der Waals surface area contributed by atoms with Gasteiger partial charge in [0.05, 0.1) is 79.3 Å². The number of ether oxygens (including phenoxy) is 12. The Hall–Kier alpha value is -2.22. The van der Waals surface area contributed by atoms with E-state index in [0.29, 0.717) is 55.2 Å². The predicted octanol–water partition coefficient (Wildman–Crippen LogP) is -1.06. The van der Waals surface area contributed by atoms with Crippen LogP contribution < -0.4 is 0 Å². The lowest BCUT2D eigenvalue weighted by atomic mass is 9.74. The first-order valence-electron chi connectivity index (χ1n) is 45.6. The molecule has 0 aliphatic carbocycles. The molecule has 0 bridgehead atoms. The van der Waals surface area contributed by atoms with Crippen molar-refractivity contribution in [3.05, 3.63) is 34.9 Å². The molecule has 0 radical (unpaired) electrons. The Morgan fingerprint density at radius 1 is 0.211 bits per heavy atom. The van der Waals surface area contributed by atoms with Crippen LogP contribution in [-0.2, 0) is 76.1 Å². The van der Waals surface area contributed by atoms with E-state index in [4.69, 9.17) is 56.8 Å². The third-order valence-corrected chi connectivity index (χ3v) is 25.7. The average Bonchev–Trinajstić information content (AvgIpc) is 0.786. The summed E-state index contributed by atoms with van der Waals surface area (Å²) in [7, 11) is 0. The molecule has 30 atom stereocenters. The van der Waals surface area contributed by atoms with Crippen molar-refractivity contribution in [3.63, 3.8) is 0 Å². The van der Waals surface area contributed by atoms with Crippen LogP contribution in [0.2, 0.25) is 0 Å². The summed E-state index contributed by atoms with van der Waals surface area (Å²) in [6.45, 7) is -1.44. The van der Waals surface area contributed by atoms with E-state index in [1.165, 1.54) is 0 Å². The number of benzene rings is 1. The van der Waals surface area contributed by atoms with E-state index >= 15 is 0 Å². The lowest BCUT2D eigenvalue weighted by Crippen LogP contribution is -2.60. The summed E-state index contributed by atoms with van der Waals surface area (Å²) in [5, 5.41) is 267. The molecule has 0 amide bonds. The smallest absolute Gasteiger partial charge is 0.186 e. The fourth-order valence-corrected chi connectivity index (χ4v) is 17.8. The fourth-order valence-electron chi connectivity index (χ4n) is 17.8. The zero-order valence-corrected chi connectivity index (χ0v) is 72.5. The van der Waals surface area contributed by atoms with Crippen LogP contribution in [0.15, 0.2) is 18.2 Å². The van der Waals surface area contributed by atoms with E-state index in [1.54, 1.807) is 0 Å². The van der Waals surface area contributed by atoms with Crippen molar-refractivity contribution >= 4 is 0 Å². The zero-order valence-electron chi connectivity index (χ0n) is 72.5. The van der Waals surface area contributed by atoms with Gasteiger partial charge < -0.3 is 179 Å². The molecule has 1 aromatic rings. The molecule has 6 aliphatic heterocycles. The maximum Gasteiger partial charge on any atom is 0.186 e. The number of aliphatic hydroxyl groups excluding tert-OH is 24. The minimum absolute atomic E-state index is 0.151. The van der Waals surface area contributed by atoms with Crippen LogP contribution in [0.5, 0.6) is 0 Å². The Morgan fingerprint density at radius 3 is 0.504 bits per heavy atom. The molecular formula is C87H156O36. The Balaban J connectivity index is 1.52. The van der Waals surface area contributed by atoms with Gasteiger partial charge in [-0.15, -0.1) is 0 Å². The Morgan fingerprint density at radius 2 is 0.358 bits per heavy atom. The van der Waals surface area contributed by atoms with Crippen LogP contribution in [0, 0.1) is 16.2 Å². The maximum absolute atomic E-state index is 11.7. The summed E-state index contributed by atoms with van der Waals surface area (Å²) >= 11 is 0. The van der Waals surface area contributed by atoms with Gasteiger partial charge in [-0.2, -0.15) is 0 Å². The summed E-state index contributed by atoms with van der Waals surface area (Å²) in [4.78, 5) is 0. The first-order valence-corrected chi connectivity index (χ1v) is 45.6. The Labute approximate surface area is 723 Å². The molecule has 0 spiro atoms. The van der Waals surface area contributed by atoms with Crippen LogP contribution in [0.4, 0.5) is 0 Å². The maximum atomic E-state index is 11.7. The van der Waals surface area contributed by atoms with Crippen LogP contribution in [0.3, 0.4) is 0 Å². The first-order chi connectivity index (χ1) is 59.0. The van der Waals surface area contributed by atoms with Crippen LogP contribution in [0.25, 0.3) is 0 Å². The molecule has 6 fully saturated rings. The van der Waals surface area contributed by atoms with Gasteiger partial charge in [0.15, 0.2) is 37.7 Å². The van der Waals surface area contributed by atoms with E-state index < -0.39 is 280 Å². The first kappa shape index (κ1) is 108. The molecule has 0 saturated carbocycles. The minimum Gasteiger partial charge on any atom is -0.394 e. The molecule has 36 heteroatoms. The normalized spacial score (nSPS) is 36.1. The number of unbranched alkanes of at least 4 members (excludes halogenated alkanes) is 24. The van der Waals surface area contributed by atoms with Crippen molar-refractivity contribution < 1.29 is 179 Å². The van der Waals surface area contributed by atoms with E-state index in [1.807, 2.05) is 18.2 Å². The summed E-state index contributed by atoms with van der Waals surface area (Å²) < 4.78 is 75.8. The molecular weight excluding hydrogens is 1620 g/mol. The molecule has 24 N–H and O–H groups in total. The molecule has 1 aromatic carbocycles. The molecule has 12 unspecified atom stereocenters. The number of hydrogen-bond donors (Lipinski definition) is 24. The van der Waals surface area contributed by atoms with Gasteiger partial charge in [0.25, 0.3) is 0 Å². The Bertz CT molecular complexity index is 2510. The molecule has 6 aliphatic rings. The van der Waals surface area contributed by atoms with E-state index in [-0.39, 0.29) is 38.5 Å². The number of rotatable bonds is 60. The minimum atomic E-state index is -1.93. The van der Waals surface area contributed by atoms with Gasteiger partial charge in [-0.05, 0) is 55.2 Å². The van der Waals surface area contributed by atoms with Gasteiger partial charge in [0.1, 0.15) is 146 Å². The topological polar surface area (TPSA) is 596 Å². The highest BCUT2D eigenvalue weighted by molar-refractivity contribution is 5.33. The number of aliphatic hydroxyl groups is 24. The highest BCUT2D eigenvalue weighted by Crippen LogP contribution is 2.43. The van der Waals surface area contributed by atoms with Crippen molar-refractivity contribution in [3.8, 4) is 0 Å². The summed E-state index contributed by atoms with van der Waals surface area (Å²) in [5.74, 6) is 0. The lowest BCUT2D eigenvalue weighted by Gasteiger charge is -2.44. The third-order valence-electron chi connectivity index (χ3n) is 25.7. The monoisotopic (exact) mass is 1780 g/mol.